The van der Waals surface area contributed by atoms with Crippen LogP contribution in [-0.4, -0.2) is 20.2 Å². The van der Waals surface area contributed by atoms with Crippen LogP contribution in [-0.2, 0) is 6.54 Å². The number of nitrogen functional groups attached to an aromatic ring is 1. The van der Waals surface area contributed by atoms with E-state index in [1.54, 1.807) is 0 Å². The molecule has 1 aromatic carbocycles. The smallest absolute Gasteiger partial charge is 0.182 e. The molecular weight excluding hydrogens is 214 g/mol. The summed E-state index contributed by atoms with van der Waals surface area (Å²) in [7, 11) is 0. The minimum atomic E-state index is 0.771. The van der Waals surface area contributed by atoms with Crippen LogP contribution in [0, 0.1) is 6.92 Å². The number of unbranched alkanes of at least 4 members (excludes halogenated alkanes) is 1. The molecule has 90 valence electrons. The number of benzene rings is 1. The molecule has 0 fully saturated rings. The lowest BCUT2D eigenvalue weighted by Crippen LogP contribution is -2.04. The van der Waals surface area contributed by atoms with Gasteiger partial charge in [0.2, 0.25) is 0 Å². The molecule has 0 aliphatic carbocycles. The Kier molecular flexibility index (Phi) is 3.37. The first-order valence-electron chi connectivity index (χ1n) is 5.85. The number of hydrogen-bond acceptors (Lipinski definition) is 4. The molecule has 0 amide bonds. The molecule has 0 aliphatic rings. The number of nitrogens with two attached hydrogens (primary N) is 1. The lowest BCUT2D eigenvalue weighted by atomic mass is 10.1. The van der Waals surface area contributed by atoms with Crippen LogP contribution in [0.3, 0.4) is 0 Å². The fraction of sp³-hybridized carbons (Fsp3) is 0.417. The van der Waals surface area contributed by atoms with Crippen LogP contribution in [0.2, 0.25) is 0 Å². The van der Waals surface area contributed by atoms with Gasteiger partial charge in [-0.3, -0.25) is 0 Å². The van der Waals surface area contributed by atoms with Crippen molar-refractivity contribution in [2.75, 3.05) is 5.73 Å². The van der Waals surface area contributed by atoms with Crippen LogP contribution < -0.4 is 5.73 Å². The molecule has 0 atom stereocenters. The predicted octanol–water partition coefficient (Wildman–Crippen LogP) is 2.03. The highest BCUT2D eigenvalue weighted by Crippen LogP contribution is 2.24. The van der Waals surface area contributed by atoms with Gasteiger partial charge >= 0.3 is 0 Å². The third-order valence-electron chi connectivity index (χ3n) is 2.87. The number of nitrogens with zero attached hydrogens (tertiary/aromatic N) is 4. The molecule has 1 heterocycles. The topological polar surface area (TPSA) is 69.6 Å². The van der Waals surface area contributed by atoms with Crippen LogP contribution in [0.15, 0.2) is 18.2 Å². The van der Waals surface area contributed by atoms with Crippen molar-refractivity contribution in [2.45, 2.75) is 33.2 Å². The second-order valence-corrected chi connectivity index (χ2v) is 4.10. The summed E-state index contributed by atoms with van der Waals surface area (Å²) in [6.07, 6.45) is 2.19. The van der Waals surface area contributed by atoms with Crippen LogP contribution >= 0.6 is 0 Å². The molecule has 0 saturated heterocycles. The van der Waals surface area contributed by atoms with Crippen molar-refractivity contribution in [1.29, 1.82) is 0 Å². The van der Waals surface area contributed by atoms with Crippen molar-refractivity contribution in [3.63, 3.8) is 0 Å². The summed E-state index contributed by atoms with van der Waals surface area (Å²) < 4.78 is 1.84. The fourth-order valence-corrected chi connectivity index (χ4v) is 1.75. The monoisotopic (exact) mass is 231 g/mol. The average Bonchev–Trinajstić information content (AvgIpc) is 2.78. The number of aromatic nitrogens is 4. The summed E-state index contributed by atoms with van der Waals surface area (Å²) in [6, 6.07) is 5.81. The lowest BCUT2D eigenvalue weighted by molar-refractivity contribution is 0.557. The summed E-state index contributed by atoms with van der Waals surface area (Å²) >= 11 is 0. The summed E-state index contributed by atoms with van der Waals surface area (Å²) in [5, 5.41) is 11.8. The molecule has 0 saturated carbocycles. The SMILES string of the molecule is CCCCn1nnnc1-c1cccc(N)c1C. The Morgan fingerprint density at radius 3 is 2.94 bits per heavy atom. The standard InChI is InChI=1S/C12H17N5/c1-3-4-8-17-12(14-15-16-17)10-6-5-7-11(13)9(10)2/h5-7H,3-4,8,13H2,1-2H3. The van der Waals surface area contributed by atoms with Crippen LogP contribution in [0.25, 0.3) is 11.4 Å². The van der Waals surface area contributed by atoms with Gasteiger partial charge < -0.3 is 5.73 Å². The largest absolute Gasteiger partial charge is 0.398 e. The molecule has 5 nitrogen and oxygen atoms in total. The molecular formula is C12H17N5. The Morgan fingerprint density at radius 1 is 1.35 bits per heavy atom. The van der Waals surface area contributed by atoms with Crippen LogP contribution in [0.5, 0.6) is 0 Å². The Labute approximate surface area is 101 Å². The Hall–Kier alpha value is -1.91. The molecule has 1 aromatic heterocycles. The maximum atomic E-state index is 5.90. The van der Waals surface area contributed by atoms with Crippen molar-refractivity contribution < 1.29 is 0 Å². The molecule has 2 rings (SSSR count). The fourth-order valence-electron chi connectivity index (χ4n) is 1.75. The molecule has 0 unspecified atom stereocenters. The van der Waals surface area contributed by atoms with Gasteiger partial charge in [0.25, 0.3) is 0 Å². The second kappa shape index (κ2) is 4.95. The molecule has 0 radical (unpaired) electrons. The molecule has 0 aliphatic heterocycles. The Morgan fingerprint density at radius 2 is 2.18 bits per heavy atom. The van der Waals surface area contributed by atoms with E-state index in [2.05, 4.69) is 22.4 Å². The summed E-state index contributed by atoms with van der Waals surface area (Å²) in [4.78, 5) is 0. The molecule has 0 spiro atoms. The van der Waals surface area contributed by atoms with Gasteiger partial charge in [-0.1, -0.05) is 25.5 Å². The third-order valence-corrected chi connectivity index (χ3v) is 2.87. The maximum absolute atomic E-state index is 5.90. The van der Waals surface area contributed by atoms with E-state index in [4.69, 9.17) is 5.73 Å². The summed E-state index contributed by atoms with van der Waals surface area (Å²) in [5.41, 5.74) is 8.70. The van der Waals surface area contributed by atoms with E-state index < -0.39 is 0 Å². The van der Waals surface area contributed by atoms with Gasteiger partial charge in [0.1, 0.15) is 0 Å². The van der Waals surface area contributed by atoms with E-state index in [0.717, 1.165) is 42.0 Å². The van der Waals surface area contributed by atoms with Crippen LogP contribution in [0.1, 0.15) is 25.3 Å². The molecule has 5 heteroatoms. The predicted molar refractivity (Wildman–Crippen MR) is 67.3 cm³/mol. The van der Waals surface area contributed by atoms with E-state index in [1.165, 1.54) is 0 Å². The van der Waals surface area contributed by atoms with Crippen molar-refractivity contribution in [1.82, 2.24) is 20.2 Å². The van der Waals surface area contributed by atoms with E-state index >= 15 is 0 Å². The average molecular weight is 231 g/mol. The lowest BCUT2D eigenvalue weighted by Gasteiger charge is -2.08. The molecule has 2 N–H and O–H groups in total. The van der Waals surface area contributed by atoms with Gasteiger partial charge in [-0.05, 0) is 35.4 Å². The van der Waals surface area contributed by atoms with Crippen molar-refractivity contribution in [2.24, 2.45) is 0 Å². The minimum Gasteiger partial charge on any atom is -0.398 e. The van der Waals surface area contributed by atoms with Gasteiger partial charge in [0.15, 0.2) is 5.82 Å². The number of rotatable bonds is 4. The zero-order valence-corrected chi connectivity index (χ0v) is 10.2. The van der Waals surface area contributed by atoms with Gasteiger partial charge in [-0.2, -0.15) is 0 Å². The van der Waals surface area contributed by atoms with E-state index in [-0.39, 0.29) is 0 Å². The number of anilines is 1. The first-order chi connectivity index (χ1) is 8.24. The number of hydrogen-bond donors (Lipinski definition) is 1. The Bertz CT molecular complexity index is 503. The van der Waals surface area contributed by atoms with E-state index in [1.807, 2.05) is 29.8 Å². The van der Waals surface area contributed by atoms with Crippen LogP contribution in [0.4, 0.5) is 5.69 Å². The van der Waals surface area contributed by atoms with Crippen molar-refractivity contribution in [3.05, 3.63) is 23.8 Å². The maximum Gasteiger partial charge on any atom is 0.182 e. The minimum absolute atomic E-state index is 0.771. The van der Waals surface area contributed by atoms with Gasteiger partial charge in [-0.15, -0.1) is 5.10 Å². The summed E-state index contributed by atoms with van der Waals surface area (Å²) in [5.74, 6) is 0.795. The highest BCUT2D eigenvalue weighted by Gasteiger charge is 2.11. The molecule has 17 heavy (non-hydrogen) atoms. The highest BCUT2D eigenvalue weighted by atomic mass is 15.5. The normalized spacial score (nSPS) is 10.7. The zero-order chi connectivity index (χ0) is 12.3. The molecule has 0 bridgehead atoms. The van der Waals surface area contributed by atoms with Gasteiger partial charge in [0.05, 0.1) is 0 Å². The van der Waals surface area contributed by atoms with Crippen molar-refractivity contribution in [3.8, 4) is 11.4 Å². The first kappa shape index (κ1) is 11.6. The van der Waals surface area contributed by atoms with Crippen molar-refractivity contribution >= 4 is 5.69 Å². The van der Waals surface area contributed by atoms with E-state index in [9.17, 15) is 0 Å². The van der Waals surface area contributed by atoms with E-state index in [0.29, 0.717) is 0 Å². The quantitative estimate of drug-likeness (QED) is 0.817. The first-order valence-corrected chi connectivity index (χ1v) is 5.85. The second-order valence-electron chi connectivity index (χ2n) is 4.10. The molecule has 2 aromatic rings. The number of tetrazole rings is 1. The number of aryl methyl sites for hydroxylation is 1. The Balaban J connectivity index is 2.39. The highest BCUT2D eigenvalue weighted by molar-refractivity contribution is 5.67. The van der Waals surface area contributed by atoms with Gasteiger partial charge in [-0.25, -0.2) is 4.68 Å². The zero-order valence-electron chi connectivity index (χ0n) is 10.2. The van der Waals surface area contributed by atoms with Gasteiger partial charge in [0, 0.05) is 17.8 Å². The third kappa shape index (κ3) is 2.27. The summed E-state index contributed by atoms with van der Waals surface area (Å²) in [6.45, 7) is 4.98.